The zero-order valence-electron chi connectivity index (χ0n) is 11.1. The lowest BCUT2D eigenvalue weighted by Crippen LogP contribution is -2.00. The minimum Gasteiger partial charge on any atom is -0.495 e. The number of aromatic carboxylic acids is 1. The fraction of sp³-hybridized carbons (Fsp3) is 0.214. The van der Waals surface area contributed by atoms with Gasteiger partial charge in [0.1, 0.15) is 10.6 Å². The highest BCUT2D eigenvalue weighted by Gasteiger charge is 2.11. The van der Waals surface area contributed by atoms with Crippen LogP contribution in [0.2, 0.25) is 5.02 Å². The summed E-state index contributed by atoms with van der Waals surface area (Å²) in [6, 6.07) is 7.00. The molecule has 0 amide bonds. The number of halogens is 1. The van der Waals surface area contributed by atoms with E-state index in [1.54, 1.807) is 31.4 Å². The number of thiophene rings is 1. The van der Waals surface area contributed by atoms with E-state index in [0.29, 0.717) is 22.2 Å². The first-order valence-corrected chi connectivity index (χ1v) is 7.10. The molecule has 106 valence electrons. The summed E-state index contributed by atoms with van der Waals surface area (Å²) in [7, 11) is 1.59. The second kappa shape index (κ2) is 6.15. The van der Waals surface area contributed by atoms with Gasteiger partial charge in [-0.2, -0.15) is 0 Å². The summed E-state index contributed by atoms with van der Waals surface area (Å²) in [5.74, 6) is -0.202. The zero-order valence-corrected chi connectivity index (χ0v) is 12.6. The van der Waals surface area contributed by atoms with E-state index in [4.69, 9.17) is 21.4 Å². The van der Waals surface area contributed by atoms with E-state index < -0.39 is 5.97 Å². The Hall–Kier alpha value is -1.72. The van der Waals surface area contributed by atoms with Gasteiger partial charge < -0.3 is 15.2 Å². The van der Waals surface area contributed by atoms with E-state index in [1.165, 1.54) is 11.3 Å². The largest absolute Gasteiger partial charge is 0.495 e. The molecule has 2 rings (SSSR count). The van der Waals surface area contributed by atoms with Crippen molar-refractivity contribution in [3.8, 4) is 5.75 Å². The van der Waals surface area contributed by atoms with E-state index in [-0.39, 0.29) is 0 Å². The molecule has 0 saturated carbocycles. The predicted octanol–water partition coefficient (Wildman–Crippen LogP) is 4.03. The number of nitrogens with one attached hydrogen (secondary N) is 1. The number of aryl methyl sites for hydroxylation is 1. The Morgan fingerprint density at radius 2 is 2.20 bits per heavy atom. The highest BCUT2D eigenvalue weighted by Crippen LogP contribution is 2.29. The van der Waals surface area contributed by atoms with Crippen molar-refractivity contribution in [1.29, 1.82) is 0 Å². The van der Waals surface area contributed by atoms with Crippen LogP contribution in [0.1, 0.15) is 20.1 Å². The molecule has 0 atom stereocenters. The van der Waals surface area contributed by atoms with E-state index in [0.717, 1.165) is 16.1 Å². The molecule has 4 nitrogen and oxygen atoms in total. The molecule has 0 spiro atoms. The van der Waals surface area contributed by atoms with Gasteiger partial charge in [0.05, 0.1) is 12.8 Å². The Morgan fingerprint density at radius 3 is 2.80 bits per heavy atom. The molecule has 20 heavy (non-hydrogen) atoms. The quantitative estimate of drug-likeness (QED) is 0.875. The minimum absolute atomic E-state index is 0.345. The maximum Gasteiger partial charge on any atom is 0.345 e. The molecule has 0 aliphatic carbocycles. The number of carbonyl (C=O) groups is 1. The summed E-state index contributed by atoms with van der Waals surface area (Å²) in [5.41, 5.74) is 1.74. The maximum atomic E-state index is 10.9. The summed E-state index contributed by atoms with van der Waals surface area (Å²) >= 11 is 7.23. The van der Waals surface area contributed by atoms with Gasteiger partial charge in [-0.15, -0.1) is 11.3 Å². The minimum atomic E-state index is -0.898. The van der Waals surface area contributed by atoms with Crippen molar-refractivity contribution in [3.05, 3.63) is 44.6 Å². The molecule has 1 aromatic carbocycles. The van der Waals surface area contributed by atoms with Crippen molar-refractivity contribution < 1.29 is 14.6 Å². The number of ether oxygens (including phenoxy) is 1. The van der Waals surface area contributed by atoms with Gasteiger partial charge in [0, 0.05) is 16.4 Å². The molecule has 1 aromatic heterocycles. The summed E-state index contributed by atoms with van der Waals surface area (Å²) in [5, 5.41) is 12.8. The molecule has 6 heteroatoms. The van der Waals surface area contributed by atoms with Gasteiger partial charge in [0.15, 0.2) is 0 Å². The summed E-state index contributed by atoms with van der Waals surface area (Å²) < 4.78 is 5.25. The predicted molar refractivity (Wildman–Crippen MR) is 81.3 cm³/mol. The van der Waals surface area contributed by atoms with Crippen LogP contribution in [-0.2, 0) is 6.54 Å². The summed E-state index contributed by atoms with van der Waals surface area (Å²) in [6.07, 6.45) is 0. The Bertz CT molecular complexity index is 639. The standard InChI is InChI=1S/C14H14ClNO3S/c1-8-5-12(14(17)18)20-13(8)7-16-10-6-9(15)3-4-11(10)19-2/h3-6,16H,7H2,1-2H3,(H,17,18). The molecule has 0 aliphatic rings. The lowest BCUT2D eigenvalue weighted by Gasteiger charge is -2.11. The fourth-order valence-electron chi connectivity index (χ4n) is 1.79. The molecule has 0 saturated heterocycles. The van der Waals surface area contributed by atoms with Crippen LogP contribution < -0.4 is 10.1 Å². The Morgan fingerprint density at radius 1 is 1.45 bits per heavy atom. The maximum absolute atomic E-state index is 10.9. The van der Waals surface area contributed by atoms with Crippen LogP contribution in [0, 0.1) is 6.92 Å². The van der Waals surface area contributed by atoms with E-state index in [9.17, 15) is 4.79 Å². The van der Waals surface area contributed by atoms with Gasteiger partial charge in [-0.3, -0.25) is 0 Å². The van der Waals surface area contributed by atoms with Gasteiger partial charge in [-0.05, 0) is 36.8 Å². The van der Waals surface area contributed by atoms with Crippen LogP contribution in [-0.4, -0.2) is 18.2 Å². The second-order valence-corrected chi connectivity index (χ2v) is 5.79. The van der Waals surface area contributed by atoms with Gasteiger partial charge >= 0.3 is 5.97 Å². The van der Waals surface area contributed by atoms with Gasteiger partial charge in [0.25, 0.3) is 0 Å². The molecular formula is C14H14ClNO3S. The van der Waals surface area contributed by atoms with Gasteiger partial charge in [-0.1, -0.05) is 11.6 Å². The summed E-state index contributed by atoms with van der Waals surface area (Å²) in [6.45, 7) is 2.43. The van der Waals surface area contributed by atoms with Crippen LogP contribution in [0.15, 0.2) is 24.3 Å². The van der Waals surface area contributed by atoms with Crippen molar-refractivity contribution in [2.45, 2.75) is 13.5 Å². The molecule has 0 aliphatic heterocycles. The van der Waals surface area contributed by atoms with Crippen LogP contribution in [0.25, 0.3) is 0 Å². The number of carboxylic acid groups (broad SMARTS) is 1. The number of anilines is 1. The number of hydrogen-bond donors (Lipinski definition) is 2. The fourth-order valence-corrected chi connectivity index (χ4v) is 2.92. The first-order chi connectivity index (χ1) is 9.51. The SMILES string of the molecule is COc1ccc(Cl)cc1NCc1sc(C(=O)O)cc1C. The van der Waals surface area contributed by atoms with Crippen LogP contribution in [0.3, 0.4) is 0 Å². The van der Waals surface area contributed by atoms with E-state index in [1.807, 2.05) is 6.92 Å². The molecule has 0 bridgehead atoms. The molecule has 2 aromatic rings. The van der Waals surface area contributed by atoms with Crippen molar-refractivity contribution in [2.24, 2.45) is 0 Å². The second-order valence-electron chi connectivity index (χ2n) is 4.22. The smallest absolute Gasteiger partial charge is 0.345 e. The monoisotopic (exact) mass is 311 g/mol. The average molecular weight is 312 g/mol. The van der Waals surface area contributed by atoms with Crippen LogP contribution in [0.5, 0.6) is 5.75 Å². The van der Waals surface area contributed by atoms with E-state index >= 15 is 0 Å². The van der Waals surface area contributed by atoms with Crippen molar-refractivity contribution in [3.63, 3.8) is 0 Å². The van der Waals surface area contributed by atoms with Crippen LogP contribution >= 0.6 is 22.9 Å². The Balaban J connectivity index is 2.16. The molecule has 0 fully saturated rings. The third-order valence-electron chi connectivity index (χ3n) is 2.83. The lowest BCUT2D eigenvalue weighted by atomic mass is 10.2. The number of methoxy groups -OCH3 is 1. The van der Waals surface area contributed by atoms with Crippen molar-refractivity contribution >= 4 is 34.6 Å². The number of rotatable bonds is 5. The highest BCUT2D eigenvalue weighted by molar-refractivity contribution is 7.14. The molecular weight excluding hydrogens is 298 g/mol. The normalized spacial score (nSPS) is 10.3. The van der Waals surface area contributed by atoms with Crippen molar-refractivity contribution in [1.82, 2.24) is 0 Å². The third-order valence-corrected chi connectivity index (χ3v) is 4.29. The van der Waals surface area contributed by atoms with Gasteiger partial charge in [-0.25, -0.2) is 4.79 Å². The van der Waals surface area contributed by atoms with Crippen molar-refractivity contribution in [2.75, 3.05) is 12.4 Å². The molecule has 1 heterocycles. The van der Waals surface area contributed by atoms with Gasteiger partial charge in [0.2, 0.25) is 0 Å². The molecule has 0 radical (unpaired) electrons. The first-order valence-electron chi connectivity index (χ1n) is 5.91. The molecule has 2 N–H and O–H groups in total. The summed E-state index contributed by atoms with van der Waals surface area (Å²) in [4.78, 5) is 12.3. The molecule has 0 unspecified atom stereocenters. The number of hydrogen-bond acceptors (Lipinski definition) is 4. The zero-order chi connectivity index (χ0) is 14.7. The number of carboxylic acids is 1. The topological polar surface area (TPSA) is 58.6 Å². The Kier molecular flexibility index (Phi) is 4.52. The lowest BCUT2D eigenvalue weighted by molar-refractivity contribution is 0.0702. The average Bonchev–Trinajstić information content (AvgIpc) is 2.78. The highest BCUT2D eigenvalue weighted by atomic mass is 35.5. The van der Waals surface area contributed by atoms with E-state index in [2.05, 4.69) is 5.32 Å². The number of benzene rings is 1. The third kappa shape index (κ3) is 3.23. The van der Waals surface area contributed by atoms with Crippen LogP contribution in [0.4, 0.5) is 5.69 Å². The first kappa shape index (κ1) is 14.7. The Labute approximate surface area is 126 Å².